The zero-order chi connectivity index (χ0) is 39.3. The van der Waals surface area contributed by atoms with Gasteiger partial charge in [-0.3, -0.25) is 0 Å². The fourth-order valence-corrected chi connectivity index (χ4v) is 5.73. The number of allylic oxidation sites excluding steroid dienone is 1. The molecule has 1 rings (SSSR count). The molecule has 0 unspecified atom stereocenters. The molecular formula is C52H120. The van der Waals surface area contributed by atoms with Gasteiger partial charge in [-0.25, -0.2) is 0 Å². The largest absolute Gasteiger partial charge is 0.103 e. The molecule has 328 valence electrons. The van der Waals surface area contributed by atoms with Gasteiger partial charge in [0, 0.05) is 0 Å². The van der Waals surface area contributed by atoms with Crippen LogP contribution in [0.4, 0.5) is 0 Å². The molecule has 1 saturated carbocycles. The average molecular weight is 746 g/mol. The van der Waals surface area contributed by atoms with Crippen molar-refractivity contribution in [2.24, 2.45) is 38.4 Å². The number of rotatable bonds is 8. The van der Waals surface area contributed by atoms with E-state index in [1.165, 1.54) is 103 Å². The van der Waals surface area contributed by atoms with Crippen LogP contribution in [0.2, 0.25) is 0 Å². The van der Waals surface area contributed by atoms with Crippen LogP contribution >= 0.6 is 0 Å². The summed E-state index contributed by atoms with van der Waals surface area (Å²) in [6.07, 6.45) is 25.4. The first-order chi connectivity index (χ1) is 21.4. The second-order valence-corrected chi connectivity index (χ2v) is 22.1. The summed E-state index contributed by atoms with van der Waals surface area (Å²) in [6.45, 7) is 53.8. The van der Waals surface area contributed by atoms with Crippen molar-refractivity contribution in [3.05, 3.63) is 12.7 Å². The lowest BCUT2D eigenvalue weighted by Gasteiger charge is -2.33. The van der Waals surface area contributed by atoms with Crippen LogP contribution < -0.4 is 0 Å². The summed E-state index contributed by atoms with van der Waals surface area (Å²) in [5.74, 6) is 1.00. The van der Waals surface area contributed by atoms with Crippen molar-refractivity contribution >= 4 is 0 Å². The molecule has 0 N–H and O–H groups in total. The minimum Gasteiger partial charge on any atom is -0.103 e. The highest BCUT2D eigenvalue weighted by molar-refractivity contribution is 4.77. The first kappa shape index (κ1) is 72.9. The molecule has 52 heavy (non-hydrogen) atoms. The smallest absolute Gasteiger partial charge is 0.0304 e. The minimum atomic E-state index is 0. The molecule has 0 aromatic heterocycles. The fraction of sp³-hybridized carbons (Fsp3) is 0.962. The second kappa shape index (κ2) is 39.0. The summed E-state index contributed by atoms with van der Waals surface area (Å²) in [4.78, 5) is 0. The summed E-state index contributed by atoms with van der Waals surface area (Å²) < 4.78 is 0. The maximum Gasteiger partial charge on any atom is -0.0304 e. The van der Waals surface area contributed by atoms with E-state index in [-0.39, 0.29) is 29.7 Å². The Balaban J connectivity index is -0.0000000606. The van der Waals surface area contributed by atoms with E-state index >= 15 is 0 Å². The minimum absolute atomic E-state index is 0. The molecule has 0 saturated heterocycles. The topological polar surface area (TPSA) is 0 Å². The molecule has 0 bridgehead atoms. The van der Waals surface area contributed by atoms with Gasteiger partial charge in [0.15, 0.2) is 0 Å². The molecule has 0 heteroatoms. The molecule has 0 aromatic rings. The van der Waals surface area contributed by atoms with Gasteiger partial charge in [-0.05, 0) is 83.4 Å². The molecule has 0 radical (unpaired) electrons. The van der Waals surface area contributed by atoms with E-state index in [4.69, 9.17) is 0 Å². The van der Waals surface area contributed by atoms with Gasteiger partial charge in [0.1, 0.15) is 0 Å². The number of unbranched alkanes of at least 4 members (excludes halogenated alkanes) is 3. The maximum absolute atomic E-state index is 3.65. The molecule has 1 fully saturated rings. The Morgan fingerprint density at radius 3 is 0.846 bits per heavy atom. The third-order valence-electron chi connectivity index (χ3n) is 8.37. The summed E-state index contributed by atoms with van der Waals surface area (Å²) in [5.41, 5.74) is 3.20. The van der Waals surface area contributed by atoms with Crippen LogP contribution in [-0.2, 0) is 0 Å². The molecule has 0 spiro atoms. The first-order valence-electron chi connectivity index (χ1n) is 21.0. The zero-order valence-corrected chi connectivity index (χ0v) is 38.9. The van der Waals surface area contributed by atoms with Gasteiger partial charge in [-0.1, -0.05) is 252 Å². The van der Waals surface area contributed by atoms with Crippen LogP contribution in [0.15, 0.2) is 12.7 Å². The van der Waals surface area contributed by atoms with E-state index in [9.17, 15) is 0 Å². The van der Waals surface area contributed by atoms with Crippen molar-refractivity contribution in [1.82, 2.24) is 0 Å². The Morgan fingerprint density at radius 1 is 0.404 bits per heavy atom. The molecule has 0 amide bonds. The predicted molar refractivity (Wildman–Crippen MR) is 259 cm³/mol. The highest BCUT2D eigenvalue weighted by atomic mass is 14.3. The van der Waals surface area contributed by atoms with E-state index in [1.807, 2.05) is 6.08 Å². The molecule has 1 aliphatic rings. The van der Waals surface area contributed by atoms with Crippen molar-refractivity contribution < 1.29 is 0 Å². The lowest BCUT2D eigenvalue weighted by molar-refractivity contribution is 0.180. The normalized spacial score (nSPS) is 13.1. The van der Waals surface area contributed by atoms with Crippen LogP contribution in [0.3, 0.4) is 0 Å². The first-order valence-corrected chi connectivity index (χ1v) is 21.0. The van der Waals surface area contributed by atoms with E-state index in [2.05, 4.69) is 159 Å². The third kappa shape index (κ3) is 87.5. The SMILES string of the molecule is C.C.C.C.C=CCC(C)(C)C.CC(C)(C)C1CCCCC1.CCCC(C)(C)C.CCCC(C)(C)C.CCCC(C)(C)C.CCCCCCC(C)(C)C. The Labute approximate surface area is 341 Å². The second-order valence-electron chi connectivity index (χ2n) is 22.1. The van der Waals surface area contributed by atoms with Crippen molar-refractivity contribution in [2.45, 2.75) is 291 Å². The molecule has 0 aromatic carbocycles. The lowest BCUT2D eigenvalue weighted by atomic mass is 9.72. The number of hydrogen-bond acceptors (Lipinski definition) is 0. The van der Waals surface area contributed by atoms with Crippen molar-refractivity contribution in [3.63, 3.8) is 0 Å². The van der Waals surface area contributed by atoms with E-state index in [0.717, 1.165) is 12.3 Å². The van der Waals surface area contributed by atoms with Gasteiger partial charge in [-0.2, -0.15) is 0 Å². The van der Waals surface area contributed by atoms with Gasteiger partial charge in [0.05, 0.1) is 0 Å². The van der Waals surface area contributed by atoms with Gasteiger partial charge >= 0.3 is 0 Å². The summed E-state index contributed by atoms with van der Waals surface area (Å²) in [5, 5.41) is 0. The average Bonchev–Trinajstić information content (AvgIpc) is 2.85. The summed E-state index contributed by atoms with van der Waals surface area (Å²) >= 11 is 0. The predicted octanol–water partition coefficient (Wildman–Crippen LogP) is 21.3. The van der Waals surface area contributed by atoms with Gasteiger partial charge in [-0.15, -0.1) is 6.58 Å². The van der Waals surface area contributed by atoms with Crippen molar-refractivity contribution in [2.75, 3.05) is 0 Å². The standard InChI is InChI=1S/C10H20.C10H22.3C7H16.C7H14.4CH4/c1-10(2,3)9-7-5-4-6-8-9;1-5-6-7-8-9-10(2,3)4;4*1-5-6-7(2,3)4;;;;/h9H,4-8H2,1-3H3;5-9H2,1-4H3;3*5-6H2,1-4H3;5H,1,6H2,2-4H3;4*1H4. The Kier molecular flexibility index (Phi) is 54.7. The molecule has 0 nitrogen and oxygen atoms in total. The molecule has 0 atom stereocenters. The Bertz CT molecular complexity index is 591. The van der Waals surface area contributed by atoms with Gasteiger partial charge in [0.25, 0.3) is 0 Å². The molecule has 0 heterocycles. The number of hydrogen-bond donors (Lipinski definition) is 0. The van der Waals surface area contributed by atoms with Crippen LogP contribution in [0.25, 0.3) is 0 Å². The van der Waals surface area contributed by atoms with Crippen molar-refractivity contribution in [1.29, 1.82) is 0 Å². The fourth-order valence-electron chi connectivity index (χ4n) is 5.73. The van der Waals surface area contributed by atoms with Crippen molar-refractivity contribution in [3.8, 4) is 0 Å². The highest BCUT2D eigenvalue weighted by Gasteiger charge is 2.25. The Hall–Kier alpha value is -0.260. The van der Waals surface area contributed by atoms with E-state index < -0.39 is 0 Å². The molecule has 0 aliphatic heterocycles. The maximum atomic E-state index is 3.65. The Morgan fingerprint density at radius 2 is 0.712 bits per heavy atom. The monoisotopic (exact) mass is 745 g/mol. The third-order valence-corrected chi connectivity index (χ3v) is 8.37. The summed E-state index contributed by atoms with van der Waals surface area (Å²) in [7, 11) is 0. The van der Waals surface area contributed by atoms with Crippen LogP contribution in [0.5, 0.6) is 0 Å². The van der Waals surface area contributed by atoms with Gasteiger partial charge in [0.2, 0.25) is 0 Å². The van der Waals surface area contributed by atoms with E-state index in [0.29, 0.717) is 32.5 Å². The van der Waals surface area contributed by atoms with Gasteiger partial charge < -0.3 is 0 Å². The van der Waals surface area contributed by atoms with Crippen LogP contribution in [0, 0.1) is 38.4 Å². The summed E-state index contributed by atoms with van der Waals surface area (Å²) in [6, 6.07) is 0. The lowest BCUT2D eigenvalue weighted by Crippen LogP contribution is -2.22. The quantitative estimate of drug-likeness (QED) is 0.171. The molecular weight excluding hydrogens is 625 g/mol. The highest BCUT2D eigenvalue weighted by Crippen LogP contribution is 2.37. The van der Waals surface area contributed by atoms with Crippen LogP contribution in [0.1, 0.15) is 291 Å². The zero-order valence-electron chi connectivity index (χ0n) is 38.9. The van der Waals surface area contributed by atoms with Crippen LogP contribution in [-0.4, -0.2) is 0 Å². The molecule has 1 aliphatic carbocycles. The van der Waals surface area contributed by atoms with E-state index in [1.54, 1.807) is 0 Å².